The van der Waals surface area contributed by atoms with E-state index in [0.29, 0.717) is 55.4 Å². The minimum atomic E-state index is -3.75. The van der Waals surface area contributed by atoms with Crippen molar-refractivity contribution in [2.45, 2.75) is 33.7 Å². The monoisotopic (exact) mass is 441 g/mol. The van der Waals surface area contributed by atoms with Crippen LogP contribution in [0.5, 0.6) is 0 Å². The first-order valence-electron chi connectivity index (χ1n) is 10.5. The van der Waals surface area contributed by atoms with Gasteiger partial charge in [0.25, 0.3) is 15.9 Å². The highest BCUT2D eigenvalue weighted by molar-refractivity contribution is 8.00. The molecule has 1 amide bonds. The summed E-state index contributed by atoms with van der Waals surface area (Å²) in [6.45, 7) is 8.71. The van der Waals surface area contributed by atoms with Crippen LogP contribution in [0.3, 0.4) is 0 Å². The van der Waals surface area contributed by atoms with Crippen molar-refractivity contribution in [1.82, 2.24) is 19.6 Å². The summed E-state index contributed by atoms with van der Waals surface area (Å²) in [4.78, 5) is 16.9. The Labute approximate surface area is 182 Å². The van der Waals surface area contributed by atoms with Gasteiger partial charge in [-0.1, -0.05) is 29.8 Å². The summed E-state index contributed by atoms with van der Waals surface area (Å²) in [5.41, 5.74) is 2.82. The Kier molecular flexibility index (Phi) is 5.70. The van der Waals surface area contributed by atoms with Gasteiger partial charge in [-0.2, -0.15) is 13.5 Å². The van der Waals surface area contributed by atoms with Crippen LogP contribution >= 0.6 is 0 Å². The quantitative estimate of drug-likeness (QED) is 0.730. The van der Waals surface area contributed by atoms with E-state index < -0.39 is 10.0 Å². The lowest BCUT2D eigenvalue weighted by Gasteiger charge is -2.23. The molecule has 2 aromatic rings. The number of sulfonamides is 1. The van der Waals surface area contributed by atoms with Crippen molar-refractivity contribution >= 4 is 26.7 Å². The van der Waals surface area contributed by atoms with E-state index in [-0.39, 0.29) is 10.8 Å². The number of amides is 1. The van der Waals surface area contributed by atoms with Gasteiger partial charge >= 0.3 is 0 Å². The number of carbonyl (C=O) groups excluding carboxylic acids is 1. The first-order chi connectivity index (χ1) is 14.8. The lowest BCUT2D eigenvalue weighted by Crippen LogP contribution is -2.37. The number of hydrogen-bond donors (Lipinski definition) is 0. The smallest absolute Gasteiger partial charge is 0.285 e. The van der Waals surface area contributed by atoms with Gasteiger partial charge in [0, 0.05) is 44.5 Å². The lowest BCUT2D eigenvalue weighted by molar-refractivity contribution is 0.0757. The minimum absolute atomic E-state index is 0.0948. The fourth-order valence-electron chi connectivity index (χ4n) is 4.03. The first kappa shape index (κ1) is 21.3. The van der Waals surface area contributed by atoms with Gasteiger partial charge in [-0.25, -0.2) is 0 Å². The van der Waals surface area contributed by atoms with Gasteiger partial charge in [-0.15, -0.1) is 4.40 Å². The van der Waals surface area contributed by atoms with Crippen LogP contribution in [-0.4, -0.2) is 65.9 Å². The molecule has 0 N–H and O–H groups in total. The van der Waals surface area contributed by atoms with E-state index in [1.54, 1.807) is 21.8 Å². The highest BCUT2D eigenvalue weighted by Gasteiger charge is 2.34. The summed E-state index contributed by atoms with van der Waals surface area (Å²) < 4.78 is 31.5. The SMILES string of the molecule is CCn1ccc(C(=O)N2CCCN(C3=NS(=O)(=O)C(c4ccc(C)cc4)=C3C)CC2)n1. The second-order valence-corrected chi connectivity index (χ2v) is 9.44. The number of benzene rings is 1. The van der Waals surface area contributed by atoms with Gasteiger partial charge in [-0.3, -0.25) is 9.48 Å². The predicted molar refractivity (Wildman–Crippen MR) is 120 cm³/mol. The fraction of sp³-hybridized carbons (Fsp3) is 0.409. The number of amidine groups is 1. The topological polar surface area (TPSA) is 87.9 Å². The molecule has 3 heterocycles. The Balaban J connectivity index is 1.54. The van der Waals surface area contributed by atoms with Crippen LogP contribution in [0.4, 0.5) is 0 Å². The Bertz CT molecular complexity index is 1160. The molecule has 0 spiro atoms. The number of aromatic nitrogens is 2. The number of aryl methyl sites for hydroxylation is 2. The standard InChI is InChI=1S/C22H27N5O3S/c1-4-27-13-10-19(23-27)22(28)26-12-5-11-25(14-15-26)21-17(3)20(31(29,30)24-21)18-8-6-16(2)7-9-18/h6-10,13H,4-5,11-12,14-15H2,1-3H3. The Morgan fingerprint density at radius 1 is 1.03 bits per heavy atom. The van der Waals surface area contributed by atoms with Crippen LogP contribution in [-0.2, 0) is 16.6 Å². The second kappa shape index (κ2) is 8.30. The van der Waals surface area contributed by atoms with E-state index in [9.17, 15) is 13.2 Å². The first-order valence-corrected chi connectivity index (χ1v) is 11.9. The molecule has 0 aliphatic carbocycles. The van der Waals surface area contributed by atoms with Gasteiger partial charge < -0.3 is 9.80 Å². The molecular formula is C22H27N5O3S. The summed E-state index contributed by atoms with van der Waals surface area (Å²) >= 11 is 0. The van der Waals surface area contributed by atoms with Crippen LogP contribution in [0, 0.1) is 6.92 Å². The molecule has 164 valence electrons. The molecule has 1 saturated heterocycles. The van der Waals surface area contributed by atoms with Gasteiger partial charge in [0.2, 0.25) is 0 Å². The maximum Gasteiger partial charge on any atom is 0.285 e. The minimum Gasteiger partial charge on any atom is -0.354 e. The zero-order chi connectivity index (χ0) is 22.2. The third-order valence-corrected chi connectivity index (χ3v) is 7.19. The van der Waals surface area contributed by atoms with Crippen LogP contribution in [0.1, 0.15) is 41.9 Å². The Hall–Kier alpha value is -2.94. The predicted octanol–water partition coefficient (Wildman–Crippen LogP) is 2.53. The highest BCUT2D eigenvalue weighted by atomic mass is 32.2. The van der Waals surface area contributed by atoms with Crippen LogP contribution < -0.4 is 0 Å². The van der Waals surface area contributed by atoms with Crippen molar-refractivity contribution in [3.8, 4) is 0 Å². The summed E-state index contributed by atoms with van der Waals surface area (Å²) in [6.07, 6.45) is 2.53. The third kappa shape index (κ3) is 4.14. The van der Waals surface area contributed by atoms with E-state index in [2.05, 4.69) is 9.50 Å². The maximum atomic E-state index is 12.8. The van der Waals surface area contributed by atoms with E-state index in [1.807, 2.05) is 49.9 Å². The molecule has 0 saturated carbocycles. The van der Waals surface area contributed by atoms with Gasteiger partial charge in [0.1, 0.15) is 16.4 Å². The van der Waals surface area contributed by atoms with Gasteiger partial charge in [0.15, 0.2) is 0 Å². The van der Waals surface area contributed by atoms with Crippen LogP contribution in [0.15, 0.2) is 46.5 Å². The molecule has 0 unspecified atom stereocenters. The van der Waals surface area contributed by atoms with Crippen molar-refractivity contribution in [2.75, 3.05) is 26.2 Å². The van der Waals surface area contributed by atoms with Crippen molar-refractivity contribution < 1.29 is 13.2 Å². The average molecular weight is 442 g/mol. The molecule has 9 heteroatoms. The largest absolute Gasteiger partial charge is 0.354 e. The molecule has 0 radical (unpaired) electrons. The summed E-state index contributed by atoms with van der Waals surface area (Å²) in [5, 5.41) is 4.31. The molecule has 1 aromatic heterocycles. The van der Waals surface area contributed by atoms with E-state index in [0.717, 1.165) is 12.0 Å². The number of nitrogens with zero attached hydrogens (tertiary/aromatic N) is 5. The normalized spacial score (nSPS) is 18.9. The lowest BCUT2D eigenvalue weighted by atomic mass is 10.1. The highest BCUT2D eigenvalue weighted by Crippen LogP contribution is 2.34. The summed E-state index contributed by atoms with van der Waals surface area (Å²) in [6, 6.07) is 9.19. The third-order valence-electron chi connectivity index (χ3n) is 5.72. The molecule has 4 rings (SSSR count). The van der Waals surface area contributed by atoms with E-state index >= 15 is 0 Å². The molecule has 1 aromatic carbocycles. The summed E-state index contributed by atoms with van der Waals surface area (Å²) in [5.74, 6) is 0.391. The van der Waals surface area contributed by atoms with Crippen LogP contribution in [0.25, 0.3) is 4.91 Å². The van der Waals surface area contributed by atoms with Crippen molar-refractivity contribution in [3.05, 3.63) is 58.9 Å². The number of rotatable bonds is 3. The maximum absolute atomic E-state index is 12.8. The average Bonchev–Trinajstić information content (AvgIpc) is 3.21. The molecular weight excluding hydrogens is 414 g/mol. The van der Waals surface area contributed by atoms with E-state index in [4.69, 9.17) is 0 Å². The molecule has 0 bridgehead atoms. The molecule has 2 aliphatic rings. The zero-order valence-electron chi connectivity index (χ0n) is 18.1. The molecule has 0 atom stereocenters. The Morgan fingerprint density at radius 2 is 1.77 bits per heavy atom. The molecule has 31 heavy (non-hydrogen) atoms. The van der Waals surface area contributed by atoms with Crippen molar-refractivity contribution in [2.24, 2.45) is 4.40 Å². The summed E-state index contributed by atoms with van der Waals surface area (Å²) in [7, 11) is -3.75. The second-order valence-electron chi connectivity index (χ2n) is 7.90. The number of carbonyl (C=O) groups is 1. The van der Waals surface area contributed by atoms with Gasteiger partial charge in [0.05, 0.1) is 0 Å². The molecule has 2 aliphatic heterocycles. The molecule has 8 nitrogen and oxygen atoms in total. The number of hydrogen-bond acceptors (Lipinski definition) is 5. The molecule has 1 fully saturated rings. The fourth-order valence-corrected chi connectivity index (χ4v) is 5.52. The van der Waals surface area contributed by atoms with Gasteiger partial charge in [-0.05, 0) is 38.8 Å². The van der Waals surface area contributed by atoms with Crippen molar-refractivity contribution in [1.29, 1.82) is 0 Å². The zero-order valence-corrected chi connectivity index (χ0v) is 18.9. The Morgan fingerprint density at radius 3 is 2.45 bits per heavy atom. The van der Waals surface area contributed by atoms with E-state index in [1.165, 1.54) is 0 Å². The van der Waals surface area contributed by atoms with Crippen LogP contribution in [0.2, 0.25) is 0 Å². The van der Waals surface area contributed by atoms with Crippen molar-refractivity contribution in [3.63, 3.8) is 0 Å².